The van der Waals surface area contributed by atoms with E-state index in [2.05, 4.69) is 5.32 Å². The molecular weight excluding hydrogens is 286 g/mol. The number of benzene rings is 2. The second kappa shape index (κ2) is 7.25. The summed E-state index contributed by atoms with van der Waals surface area (Å²) >= 11 is 5.90. The standard InChI is InChI=1S/C17H18ClNO2/c1-12-10-14(18)7-8-16(12)17(21)19-15-6-2-4-13(11-15)5-3-9-20/h2,4,6-8,10-11,20H,3,5,9H2,1H3,(H,19,21). The van der Waals surface area contributed by atoms with Crippen molar-refractivity contribution >= 4 is 23.2 Å². The van der Waals surface area contributed by atoms with Crippen molar-refractivity contribution in [3.05, 3.63) is 64.2 Å². The monoisotopic (exact) mass is 303 g/mol. The predicted octanol–water partition coefficient (Wildman–Crippen LogP) is 3.83. The van der Waals surface area contributed by atoms with Crippen LogP contribution in [-0.2, 0) is 6.42 Å². The molecule has 1 amide bonds. The lowest BCUT2D eigenvalue weighted by atomic mass is 10.1. The maximum absolute atomic E-state index is 12.3. The minimum atomic E-state index is -0.150. The summed E-state index contributed by atoms with van der Waals surface area (Å²) < 4.78 is 0. The second-order valence-corrected chi connectivity index (χ2v) is 5.38. The van der Waals surface area contributed by atoms with Gasteiger partial charge < -0.3 is 10.4 Å². The van der Waals surface area contributed by atoms with Crippen molar-refractivity contribution in [2.45, 2.75) is 19.8 Å². The van der Waals surface area contributed by atoms with Crippen molar-refractivity contribution in [2.24, 2.45) is 0 Å². The van der Waals surface area contributed by atoms with Crippen molar-refractivity contribution in [1.82, 2.24) is 0 Å². The fourth-order valence-corrected chi connectivity index (χ4v) is 2.39. The van der Waals surface area contributed by atoms with Gasteiger partial charge in [-0.25, -0.2) is 0 Å². The van der Waals surface area contributed by atoms with Gasteiger partial charge in [0.25, 0.3) is 5.91 Å². The summed E-state index contributed by atoms with van der Waals surface area (Å²) in [6.07, 6.45) is 1.51. The highest BCUT2D eigenvalue weighted by Crippen LogP contribution is 2.18. The molecule has 2 rings (SSSR count). The first-order valence-corrected chi connectivity index (χ1v) is 7.25. The lowest BCUT2D eigenvalue weighted by Gasteiger charge is -2.09. The van der Waals surface area contributed by atoms with Gasteiger partial charge in [0.2, 0.25) is 0 Å². The van der Waals surface area contributed by atoms with E-state index >= 15 is 0 Å². The molecule has 2 N–H and O–H groups in total. The lowest BCUT2D eigenvalue weighted by molar-refractivity contribution is 0.102. The Hall–Kier alpha value is -1.84. The van der Waals surface area contributed by atoms with E-state index < -0.39 is 0 Å². The Balaban J connectivity index is 2.12. The van der Waals surface area contributed by atoms with Crippen LogP contribution in [0.5, 0.6) is 0 Å². The summed E-state index contributed by atoms with van der Waals surface area (Å²) in [5, 5.41) is 12.4. The van der Waals surface area contributed by atoms with Gasteiger partial charge in [0, 0.05) is 22.9 Å². The van der Waals surface area contributed by atoms with Gasteiger partial charge in [-0.1, -0.05) is 23.7 Å². The molecule has 0 saturated heterocycles. The summed E-state index contributed by atoms with van der Waals surface area (Å²) in [4.78, 5) is 12.3. The van der Waals surface area contributed by atoms with Gasteiger partial charge in [0.1, 0.15) is 0 Å². The molecule has 0 aliphatic carbocycles. The highest BCUT2D eigenvalue weighted by Gasteiger charge is 2.09. The van der Waals surface area contributed by atoms with Crippen molar-refractivity contribution in [2.75, 3.05) is 11.9 Å². The maximum atomic E-state index is 12.3. The first-order valence-electron chi connectivity index (χ1n) is 6.87. The number of aryl methyl sites for hydroxylation is 2. The minimum Gasteiger partial charge on any atom is -0.396 e. The van der Waals surface area contributed by atoms with Gasteiger partial charge in [-0.05, 0) is 61.2 Å². The molecule has 21 heavy (non-hydrogen) atoms. The predicted molar refractivity (Wildman–Crippen MR) is 86.0 cm³/mol. The SMILES string of the molecule is Cc1cc(Cl)ccc1C(=O)Nc1cccc(CCCO)c1. The van der Waals surface area contributed by atoms with E-state index in [9.17, 15) is 4.79 Å². The van der Waals surface area contributed by atoms with Gasteiger partial charge in [-0.3, -0.25) is 4.79 Å². The molecule has 0 bridgehead atoms. The Labute approximate surface area is 129 Å². The largest absolute Gasteiger partial charge is 0.396 e. The lowest BCUT2D eigenvalue weighted by Crippen LogP contribution is -2.13. The summed E-state index contributed by atoms with van der Waals surface area (Å²) in [5.41, 5.74) is 3.30. The average Bonchev–Trinajstić information content (AvgIpc) is 2.45. The van der Waals surface area contributed by atoms with Crippen LogP contribution in [0.15, 0.2) is 42.5 Å². The molecule has 3 nitrogen and oxygen atoms in total. The van der Waals surface area contributed by atoms with Crippen LogP contribution in [0.3, 0.4) is 0 Å². The van der Waals surface area contributed by atoms with Gasteiger partial charge >= 0.3 is 0 Å². The Morgan fingerprint density at radius 3 is 2.76 bits per heavy atom. The third-order valence-electron chi connectivity index (χ3n) is 3.24. The zero-order chi connectivity index (χ0) is 15.2. The van der Waals surface area contributed by atoms with E-state index in [1.165, 1.54) is 0 Å². The van der Waals surface area contributed by atoms with Crippen LogP contribution < -0.4 is 5.32 Å². The van der Waals surface area contributed by atoms with Gasteiger partial charge in [-0.15, -0.1) is 0 Å². The summed E-state index contributed by atoms with van der Waals surface area (Å²) in [6, 6.07) is 12.9. The van der Waals surface area contributed by atoms with Crippen molar-refractivity contribution < 1.29 is 9.90 Å². The highest BCUT2D eigenvalue weighted by atomic mass is 35.5. The Kier molecular flexibility index (Phi) is 5.37. The number of hydrogen-bond acceptors (Lipinski definition) is 2. The van der Waals surface area contributed by atoms with E-state index in [-0.39, 0.29) is 12.5 Å². The minimum absolute atomic E-state index is 0.150. The fraction of sp³-hybridized carbons (Fsp3) is 0.235. The number of halogens is 1. The molecule has 2 aromatic rings. The molecule has 0 unspecified atom stereocenters. The number of carbonyl (C=O) groups is 1. The molecule has 2 aromatic carbocycles. The van der Waals surface area contributed by atoms with Crippen LogP contribution in [0.4, 0.5) is 5.69 Å². The van der Waals surface area contributed by atoms with Crippen molar-refractivity contribution in [3.63, 3.8) is 0 Å². The Morgan fingerprint density at radius 2 is 2.05 bits per heavy atom. The van der Waals surface area contributed by atoms with Gasteiger partial charge in [-0.2, -0.15) is 0 Å². The normalized spacial score (nSPS) is 10.4. The fourth-order valence-electron chi connectivity index (χ4n) is 2.17. The molecule has 4 heteroatoms. The van der Waals surface area contributed by atoms with Gasteiger partial charge in [0.15, 0.2) is 0 Å². The van der Waals surface area contributed by atoms with E-state index in [0.717, 1.165) is 23.2 Å². The zero-order valence-electron chi connectivity index (χ0n) is 11.9. The second-order valence-electron chi connectivity index (χ2n) is 4.94. The van der Waals surface area contributed by atoms with E-state index in [1.807, 2.05) is 31.2 Å². The number of nitrogens with one attached hydrogen (secondary N) is 1. The Morgan fingerprint density at radius 1 is 1.24 bits per heavy atom. The molecule has 0 heterocycles. The van der Waals surface area contributed by atoms with Crippen LogP contribution in [-0.4, -0.2) is 17.6 Å². The molecule has 0 atom stereocenters. The van der Waals surface area contributed by atoms with E-state index in [1.54, 1.807) is 18.2 Å². The van der Waals surface area contributed by atoms with Crippen LogP contribution >= 0.6 is 11.6 Å². The number of anilines is 1. The van der Waals surface area contributed by atoms with Crippen LogP contribution in [0.2, 0.25) is 5.02 Å². The smallest absolute Gasteiger partial charge is 0.255 e. The molecule has 110 valence electrons. The first kappa shape index (κ1) is 15.5. The quantitative estimate of drug-likeness (QED) is 0.882. The van der Waals surface area contributed by atoms with E-state index in [4.69, 9.17) is 16.7 Å². The molecule has 0 fully saturated rings. The molecule has 0 radical (unpaired) electrons. The topological polar surface area (TPSA) is 49.3 Å². The molecule has 0 aromatic heterocycles. The van der Waals surface area contributed by atoms with Crippen LogP contribution in [0, 0.1) is 6.92 Å². The van der Waals surface area contributed by atoms with E-state index in [0.29, 0.717) is 17.0 Å². The third-order valence-corrected chi connectivity index (χ3v) is 3.48. The number of aliphatic hydroxyl groups is 1. The van der Waals surface area contributed by atoms with Gasteiger partial charge in [0.05, 0.1) is 0 Å². The average molecular weight is 304 g/mol. The molecular formula is C17H18ClNO2. The summed E-state index contributed by atoms with van der Waals surface area (Å²) in [5.74, 6) is -0.150. The number of hydrogen-bond donors (Lipinski definition) is 2. The number of carbonyl (C=O) groups excluding carboxylic acids is 1. The zero-order valence-corrected chi connectivity index (χ0v) is 12.7. The summed E-state index contributed by atoms with van der Waals surface area (Å²) in [7, 11) is 0. The van der Waals surface area contributed by atoms with Crippen LogP contribution in [0.1, 0.15) is 27.9 Å². The number of amides is 1. The Bertz CT molecular complexity index is 640. The van der Waals surface area contributed by atoms with Crippen molar-refractivity contribution in [1.29, 1.82) is 0 Å². The first-order chi connectivity index (χ1) is 10.1. The molecule has 0 aliphatic rings. The highest BCUT2D eigenvalue weighted by molar-refractivity contribution is 6.30. The van der Waals surface area contributed by atoms with Crippen molar-refractivity contribution in [3.8, 4) is 0 Å². The molecule has 0 spiro atoms. The summed E-state index contributed by atoms with van der Waals surface area (Å²) in [6.45, 7) is 2.03. The molecule has 0 aliphatic heterocycles. The van der Waals surface area contributed by atoms with Crippen LogP contribution in [0.25, 0.3) is 0 Å². The maximum Gasteiger partial charge on any atom is 0.255 e. The third kappa shape index (κ3) is 4.31. The molecule has 0 saturated carbocycles. The number of aliphatic hydroxyl groups excluding tert-OH is 1. The number of rotatable bonds is 5.